The van der Waals surface area contributed by atoms with Gasteiger partial charge in [0.25, 0.3) is 0 Å². The number of anilines is 2. The van der Waals surface area contributed by atoms with E-state index in [-0.39, 0.29) is 134 Å². The summed E-state index contributed by atoms with van der Waals surface area (Å²) in [4.78, 5) is 60.5. The Labute approximate surface area is 326 Å². The summed E-state index contributed by atoms with van der Waals surface area (Å²) in [6.07, 6.45) is 0. The van der Waals surface area contributed by atoms with Crippen molar-refractivity contribution in [1.29, 1.82) is 0 Å². The van der Waals surface area contributed by atoms with Gasteiger partial charge >= 0.3 is 101 Å². The first-order valence-electron chi connectivity index (χ1n) is 12.4. The Bertz CT molecular complexity index is 1610. The van der Waals surface area contributed by atoms with Crippen LogP contribution in [0.15, 0.2) is 48.5 Å². The number of esters is 1. The number of carboxylic acid groups (broad SMARTS) is 4. The van der Waals surface area contributed by atoms with Crippen molar-refractivity contribution in [2.45, 2.75) is 5.60 Å². The average molecular weight is 660 g/mol. The second kappa shape index (κ2) is 15.3. The first kappa shape index (κ1) is 39.2. The van der Waals surface area contributed by atoms with Crippen molar-refractivity contribution >= 4 is 41.2 Å². The Morgan fingerprint density at radius 2 is 1.13 bits per heavy atom. The minimum absolute atomic E-state index is 0. The molecule has 18 heteroatoms. The molecule has 2 heterocycles. The van der Waals surface area contributed by atoms with Crippen molar-refractivity contribution in [2.24, 2.45) is 0 Å². The molecule has 0 amide bonds. The van der Waals surface area contributed by atoms with E-state index in [0.29, 0.717) is 0 Å². The number of carbonyl (C=O) groups is 5. The van der Waals surface area contributed by atoms with Gasteiger partial charge in [-0.2, -0.15) is 0 Å². The number of rotatable bonds is 10. The molecule has 0 radical (unpaired) electrons. The Morgan fingerprint density at radius 3 is 1.57 bits per heavy atom. The monoisotopic (exact) mass is 660 g/mol. The van der Waals surface area contributed by atoms with E-state index >= 15 is 0 Å². The van der Waals surface area contributed by atoms with E-state index in [1.165, 1.54) is 18.2 Å². The maximum Gasteiger partial charge on any atom is 1.00 e. The van der Waals surface area contributed by atoms with Crippen LogP contribution < -0.4 is 119 Å². The number of carbonyl (C=O) groups excluding carboxylic acids is 4. The molecule has 3 aromatic carbocycles. The molecule has 0 bridgehead atoms. The van der Waals surface area contributed by atoms with Crippen LogP contribution in [-0.4, -0.2) is 71.3 Å². The standard InChI is InChI=1S/C28H22N2O13.3Na/c31-19-7-21-15(5-17(19)29(9-23(33)34)10-24(35)36)28(14-4-2-1-3-13(14)27(41)43-28)16-6-18(20(32)8-22(16)42-21)30(11-25(37)38)12-26(39)40;;;/h1-8,31-32H,9-12H2,(H,33,34)(H,35,36)(H,37,38)(H,39,40);;;/q;3*+1/p-3. The molecule has 1 unspecified atom stereocenters. The van der Waals surface area contributed by atoms with Crippen molar-refractivity contribution in [3.63, 3.8) is 0 Å². The van der Waals surface area contributed by atoms with Crippen LogP contribution >= 0.6 is 0 Å². The van der Waals surface area contributed by atoms with E-state index in [1.807, 2.05) is 0 Å². The van der Waals surface area contributed by atoms with Crippen molar-refractivity contribution < 1.29 is 153 Å². The van der Waals surface area contributed by atoms with E-state index in [9.17, 15) is 54.6 Å². The van der Waals surface area contributed by atoms with Gasteiger partial charge in [-0.15, -0.1) is 0 Å². The minimum Gasteiger partial charge on any atom is -0.548 e. The molecule has 1 spiro atoms. The number of hydrogen-bond donors (Lipinski definition) is 3. The Morgan fingerprint density at radius 1 is 0.696 bits per heavy atom. The minimum atomic E-state index is -1.95. The Balaban J connectivity index is 0.00000245. The molecule has 15 nitrogen and oxygen atoms in total. The van der Waals surface area contributed by atoms with Crippen LogP contribution in [0.5, 0.6) is 23.0 Å². The summed E-state index contributed by atoms with van der Waals surface area (Å²) in [6, 6.07) is 10.5. The second-order valence-corrected chi connectivity index (χ2v) is 9.61. The third-order valence-electron chi connectivity index (χ3n) is 6.87. The summed E-state index contributed by atoms with van der Waals surface area (Å²) in [6.45, 7) is -3.78. The molecule has 0 aliphatic carbocycles. The molecule has 0 aromatic heterocycles. The van der Waals surface area contributed by atoms with Crippen LogP contribution in [0.1, 0.15) is 27.0 Å². The zero-order chi connectivity index (χ0) is 31.2. The fraction of sp³-hybridized carbons (Fsp3) is 0.179. The van der Waals surface area contributed by atoms with Gasteiger partial charge in [0.05, 0.1) is 54.5 Å². The number of aromatic hydroxyl groups is 2. The predicted molar refractivity (Wildman–Crippen MR) is 135 cm³/mol. The van der Waals surface area contributed by atoms with E-state index < -0.39 is 73.1 Å². The van der Waals surface area contributed by atoms with Crippen molar-refractivity contribution in [2.75, 3.05) is 36.0 Å². The summed E-state index contributed by atoms with van der Waals surface area (Å²) in [5.74, 6) is -8.77. The Hall–Kier alpha value is -2.99. The van der Waals surface area contributed by atoms with Gasteiger partial charge in [0.1, 0.15) is 29.5 Å². The van der Waals surface area contributed by atoms with Gasteiger partial charge in [0.15, 0.2) is 5.60 Å². The van der Waals surface area contributed by atoms with Crippen molar-refractivity contribution in [1.82, 2.24) is 0 Å². The molecule has 2 aliphatic heterocycles. The smallest absolute Gasteiger partial charge is 0.548 e. The summed E-state index contributed by atoms with van der Waals surface area (Å²) in [5.41, 5.74) is -2.31. The van der Waals surface area contributed by atoms with Crippen LogP contribution in [0.25, 0.3) is 0 Å². The molecule has 46 heavy (non-hydrogen) atoms. The van der Waals surface area contributed by atoms with Gasteiger partial charge in [-0.05, 0) is 18.2 Å². The van der Waals surface area contributed by atoms with Gasteiger partial charge in [-0.3, -0.25) is 4.79 Å². The number of phenols is 2. The molecule has 3 aromatic rings. The number of aliphatic carboxylic acids is 4. The number of benzene rings is 3. The number of hydrogen-bond acceptors (Lipinski definition) is 14. The molecule has 0 fully saturated rings. The second-order valence-electron chi connectivity index (χ2n) is 9.61. The number of nitrogens with zero attached hydrogens (tertiary/aromatic N) is 2. The third-order valence-corrected chi connectivity index (χ3v) is 6.87. The molecule has 0 saturated heterocycles. The maximum absolute atomic E-state index is 13.2. The molecular weight excluding hydrogens is 641 g/mol. The zero-order valence-electron chi connectivity index (χ0n) is 24.8. The van der Waals surface area contributed by atoms with E-state index in [4.69, 9.17) is 9.47 Å². The molecule has 1 atom stereocenters. The number of ether oxygens (including phenoxy) is 2. The average Bonchev–Trinajstić information content (AvgIpc) is 3.19. The van der Waals surface area contributed by atoms with Crippen LogP contribution in [-0.2, 0) is 29.5 Å². The molecule has 222 valence electrons. The van der Waals surface area contributed by atoms with Crippen LogP contribution in [0.2, 0.25) is 0 Å². The first-order chi connectivity index (χ1) is 20.3. The topological polar surface area (TPSA) is 240 Å². The fourth-order valence-electron chi connectivity index (χ4n) is 5.31. The number of carboxylic acids is 4. The summed E-state index contributed by atoms with van der Waals surface area (Å²) in [7, 11) is 0. The molecule has 5 rings (SSSR count). The number of fused-ring (bicyclic) bond motifs is 6. The first-order valence-corrected chi connectivity index (χ1v) is 12.4. The van der Waals surface area contributed by atoms with E-state index in [1.54, 1.807) is 12.1 Å². The normalized spacial score (nSPS) is 14.8. The van der Waals surface area contributed by atoms with Crippen LogP contribution in [0.3, 0.4) is 0 Å². The van der Waals surface area contributed by atoms with E-state index in [0.717, 1.165) is 28.0 Å². The summed E-state index contributed by atoms with van der Waals surface area (Å²) < 4.78 is 11.9. The predicted octanol–water partition coefficient (Wildman–Crippen LogP) is -11.4. The quantitative estimate of drug-likeness (QED) is 0.135. The van der Waals surface area contributed by atoms with Gasteiger partial charge < -0.3 is 64.3 Å². The van der Waals surface area contributed by atoms with Gasteiger partial charge in [0, 0.05) is 28.8 Å². The van der Waals surface area contributed by atoms with E-state index in [2.05, 4.69) is 0 Å². The molecule has 2 aliphatic rings. The molecular formula is C28H19N2Na3O13. The largest absolute Gasteiger partial charge is 1.00 e. The van der Waals surface area contributed by atoms with Gasteiger partial charge in [-0.25, -0.2) is 4.79 Å². The molecule has 3 N–H and O–H groups in total. The van der Waals surface area contributed by atoms with Crippen LogP contribution in [0.4, 0.5) is 11.4 Å². The summed E-state index contributed by atoms with van der Waals surface area (Å²) in [5, 5.41) is 65.2. The zero-order valence-corrected chi connectivity index (χ0v) is 30.8. The van der Waals surface area contributed by atoms with Gasteiger partial charge in [-0.1, -0.05) is 18.2 Å². The maximum atomic E-state index is 13.2. The third kappa shape index (κ3) is 7.27. The number of phenolic OH excluding ortho intramolecular Hbond substituents is 2. The van der Waals surface area contributed by atoms with Crippen molar-refractivity contribution in [3.8, 4) is 23.0 Å². The Kier molecular flexibility index (Phi) is 13.0. The SMILES string of the molecule is O=C([O-])CN(CC(=O)[O-])c1cc2c(cc1O)Oc1cc(O)c(N(CC(=O)[O-])CC(=O)O)cc1C21OC(=O)c2ccccc21.[Na+].[Na+].[Na+]. The molecule has 0 saturated carbocycles. The summed E-state index contributed by atoms with van der Waals surface area (Å²) >= 11 is 0. The van der Waals surface area contributed by atoms with Crippen LogP contribution in [0, 0.1) is 0 Å². The fourth-order valence-corrected chi connectivity index (χ4v) is 5.31. The van der Waals surface area contributed by atoms with Gasteiger partial charge in [0.2, 0.25) is 0 Å². The van der Waals surface area contributed by atoms with Crippen molar-refractivity contribution in [3.05, 3.63) is 70.8 Å².